The van der Waals surface area contributed by atoms with Crippen LogP contribution in [0.2, 0.25) is 0 Å². The SMILES string of the molecule is COc1ccccc1NC(=O)COC(=O)c1ccc(OC[C@@H]2CCCO2)cc1. The Labute approximate surface area is 163 Å². The monoisotopic (exact) mass is 385 g/mol. The first-order chi connectivity index (χ1) is 13.7. The Morgan fingerprint density at radius 1 is 1.14 bits per heavy atom. The summed E-state index contributed by atoms with van der Waals surface area (Å²) < 4.78 is 21.4. The molecule has 0 unspecified atom stereocenters. The van der Waals surface area contributed by atoms with Gasteiger partial charge in [-0.05, 0) is 49.2 Å². The average Bonchev–Trinajstić information content (AvgIpc) is 3.25. The van der Waals surface area contributed by atoms with Gasteiger partial charge in [-0.1, -0.05) is 12.1 Å². The highest BCUT2D eigenvalue weighted by atomic mass is 16.5. The number of rotatable bonds is 8. The second-order valence-electron chi connectivity index (χ2n) is 6.30. The number of hydrogen-bond acceptors (Lipinski definition) is 6. The van der Waals surface area contributed by atoms with Crippen molar-refractivity contribution in [1.29, 1.82) is 0 Å². The second-order valence-corrected chi connectivity index (χ2v) is 6.30. The lowest BCUT2D eigenvalue weighted by molar-refractivity contribution is -0.119. The number of amides is 1. The number of nitrogens with one attached hydrogen (secondary N) is 1. The lowest BCUT2D eigenvalue weighted by atomic mass is 10.2. The lowest BCUT2D eigenvalue weighted by Gasteiger charge is -2.12. The molecule has 148 valence electrons. The minimum Gasteiger partial charge on any atom is -0.495 e. The molecule has 0 spiro atoms. The molecule has 1 N–H and O–H groups in total. The maximum absolute atomic E-state index is 12.1. The average molecular weight is 385 g/mol. The Morgan fingerprint density at radius 3 is 2.64 bits per heavy atom. The summed E-state index contributed by atoms with van der Waals surface area (Å²) in [5, 5.41) is 2.65. The summed E-state index contributed by atoms with van der Waals surface area (Å²) in [6.07, 6.45) is 2.19. The maximum Gasteiger partial charge on any atom is 0.338 e. The fraction of sp³-hybridized carbons (Fsp3) is 0.333. The molecule has 28 heavy (non-hydrogen) atoms. The summed E-state index contributed by atoms with van der Waals surface area (Å²) >= 11 is 0. The number of benzene rings is 2. The van der Waals surface area contributed by atoms with Crippen LogP contribution in [0.1, 0.15) is 23.2 Å². The summed E-state index contributed by atoms with van der Waals surface area (Å²) in [6, 6.07) is 13.6. The van der Waals surface area contributed by atoms with Gasteiger partial charge in [-0.3, -0.25) is 4.79 Å². The molecule has 0 aromatic heterocycles. The maximum atomic E-state index is 12.1. The van der Waals surface area contributed by atoms with Gasteiger partial charge in [0.25, 0.3) is 5.91 Å². The van der Waals surface area contributed by atoms with Gasteiger partial charge in [0.05, 0.1) is 24.5 Å². The van der Waals surface area contributed by atoms with E-state index in [0.29, 0.717) is 29.4 Å². The van der Waals surface area contributed by atoms with Crippen molar-refractivity contribution in [2.45, 2.75) is 18.9 Å². The predicted octanol–water partition coefficient (Wildman–Crippen LogP) is 3.05. The molecule has 7 nitrogen and oxygen atoms in total. The molecule has 2 aromatic rings. The number of carbonyl (C=O) groups is 2. The zero-order valence-electron chi connectivity index (χ0n) is 15.7. The zero-order chi connectivity index (χ0) is 19.8. The quantitative estimate of drug-likeness (QED) is 0.704. The second kappa shape index (κ2) is 9.75. The van der Waals surface area contributed by atoms with Crippen LogP contribution < -0.4 is 14.8 Å². The molecule has 1 heterocycles. The van der Waals surface area contributed by atoms with Gasteiger partial charge in [-0.2, -0.15) is 0 Å². The number of methoxy groups -OCH3 is 1. The molecule has 7 heteroatoms. The van der Waals surface area contributed by atoms with Gasteiger partial charge in [0.2, 0.25) is 0 Å². The van der Waals surface area contributed by atoms with Crippen LogP contribution in [0, 0.1) is 0 Å². The number of hydrogen-bond donors (Lipinski definition) is 1. The molecule has 1 atom stereocenters. The summed E-state index contributed by atoms with van der Waals surface area (Å²) in [6.45, 7) is 0.879. The fourth-order valence-electron chi connectivity index (χ4n) is 2.80. The van der Waals surface area contributed by atoms with E-state index in [4.69, 9.17) is 18.9 Å². The van der Waals surface area contributed by atoms with Gasteiger partial charge in [-0.25, -0.2) is 4.79 Å². The van der Waals surface area contributed by atoms with Crippen LogP contribution in [0.5, 0.6) is 11.5 Å². The zero-order valence-corrected chi connectivity index (χ0v) is 15.7. The van der Waals surface area contributed by atoms with Gasteiger partial charge < -0.3 is 24.3 Å². The highest BCUT2D eigenvalue weighted by molar-refractivity contribution is 5.96. The molecule has 1 amide bonds. The third-order valence-corrected chi connectivity index (χ3v) is 4.27. The van der Waals surface area contributed by atoms with Crippen molar-refractivity contribution in [3.63, 3.8) is 0 Å². The van der Waals surface area contributed by atoms with Crippen LogP contribution in [0.3, 0.4) is 0 Å². The van der Waals surface area contributed by atoms with E-state index in [1.165, 1.54) is 7.11 Å². The van der Waals surface area contributed by atoms with Gasteiger partial charge >= 0.3 is 5.97 Å². The number of esters is 1. The highest BCUT2D eigenvalue weighted by Gasteiger charge is 2.16. The minimum atomic E-state index is -0.583. The molecule has 0 radical (unpaired) electrons. The van der Waals surface area contributed by atoms with Crippen LogP contribution in [0.4, 0.5) is 5.69 Å². The van der Waals surface area contributed by atoms with Crippen molar-refractivity contribution in [3.8, 4) is 11.5 Å². The summed E-state index contributed by atoms with van der Waals surface area (Å²) in [4.78, 5) is 24.1. The van der Waals surface area contributed by atoms with E-state index in [1.807, 2.05) is 0 Å². The van der Waals surface area contributed by atoms with Gasteiger partial charge in [0, 0.05) is 6.61 Å². The van der Waals surface area contributed by atoms with E-state index in [9.17, 15) is 9.59 Å². The summed E-state index contributed by atoms with van der Waals surface area (Å²) in [5.74, 6) is 0.150. The smallest absolute Gasteiger partial charge is 0.338 e. The van der Waals surface area contributed by atoms with Crippen LogP contribution in [-0.4, -0.2) is 44.9 Å². The number of para-hydroxylation sites is 2. The molecular formula is C21H23NO6. The van der Waals surface area contributed by atoms with Crippen molar-refractivity contribution in [2.75, 3.05) is 32.2 Å². The first-order valence-electron chi connectivity index (χ1n) is 9.10. The van der Waals surface area contributed by atoms with E-state index in [1.54, 1.807) is 48.5 Å². The topological polar surface area (TPSA) is 83.1 Å². The Bertz CT molecular complexity index is 799. The number of ether oxygens (including phenoxy) is 4. The Kier molecular flexibility index (Phi) is 6.86. The van der Waals surface area contributed by atoms with Crippen LogP contribution in [0.25, 0.3) is 0 Å². The van der Waals surface area contributed by atoms with Crippen LogP contribution in [-0.2, 0) is 14.3 Å². The van der Waals surface area contributed by atoms with Gasteiger partial charge in [-0.15, -0.1) is 0 Å². The molecule has 1 aliphatic rings. The molecule has 1 aliphatic heterocycles. The fourth-order valence-corrected chi connectivity index (χ4v) is 2.80. The number of carbonyl (C=O) groups excluding carboxylic acids is 2. The normalized spacial score (nSPS) is 15.7. The van der Waals surface area contributed by atoms with Crippen LogP contribution in [0.15, 0.2) is 48.5 Å². The molecule has 0 bridgehead atoms. The van der Waals surface area contributed by atoms with E-state index in [0.717, 1.165) is 19.4 Å². The standard InChI is InChI=1S/C21H23NO6/c1-25-19-7-3-2-6-18(19)22-20(23)14-28-21(24)15-8-10-16(11-9-15)27-13-17-5-4-12-26-17/h2-3,6-11,17H,4-5,12-14H2,1H3,(H,22,23)/t17-/m0/s1. The molecular weight excluding hydrogens is 362 g/mol. The molecule has 1 fully saturated rings. The molecule has 1 saturated heterocycles. The van der Waals surface area contributed by atoms with Crippen molar-refractivity contribution in [3.05, 3.63) is 54.1 Å². The Balaban J connectivity index is 1.45. The number of anilines is 1. The van der Waals surface area contributed by atoms with Crippen molar-refractivity contribution in [2.24, 2.45) is 0 Å². The first kappa shape index (κ1) is 19.7. The van der Waals surface area contributed by atoms with E-state index in [2.05, 4.69) is 5.32 Å². The van der Waals surface area contributed by atoms with Crippen molar-refractivity contribution < 1.29 is 28.5 Å². The van der Waals surface area contributed by atoms with Gasteiger partial charge in [0.15, 0.2) is 6.61 Å². The molecule has 3 rings (SSSR count). The van der Waals surface area contributed by atoms with E-state index in [-0.39, 0.29) is 6.10 Å². The molecule has 0 saturated carbocycles. The summed E-state index contributed by atoms with van der Waals surface area (Å²) in [5.41, 5.74) is 0.855. The van der Waals surface area contributed by atoms with Crippen molar-refractivity contribution in [1.82, 2.24) is 0 Å². The minimum absolute atomic E-state index is 0.131. The predicted molar refractivity (Wildman–Crippen MR) is 103 cm³/mol. The molecule has 0 aliphatic carbocycles. The molecule has 2 aromatic carbocycles. The Hall–Kier alpha value is -3.06. The third-order valence-electron chi connectivity index (χ3n) is 4.27. The van der Waals surface area contributed by atoms with Gasteiger partial charge in [0.1, 0.15) is 18.1 Å². The largest absolute Gasteiger partial charge is 0.495 e. The lowest BCUT2D eigenvalue weighted by Crippen LogP contribution is -2.21. The van der Waals surface area contributed by atoms with Crippen molar-refractivity contribution >= 4 is 17.6 Å². The van der Waals surface area contributed by atoms with E-state index < -0.39 is 18.5 Å². The third kappa shape index (κ3) is 5.47. The Morgan fingerprint density at radius 2 is 1.93 bits per heavy atom. The summed E-state index contributed by atoms with van der Waals surface area (Å²) in [7, 11) is 1.51. The van der Waals surface area contributed by atoms with Crippen LogP contribution >= 0.6 is 0 Å². The first-order valence-corrected chi connectivity index (χ1v) is 9.10. The van der Waals surface area contributed by atoms with E-state index >= 15 is 0 Å². The highest BCUT2D eigenvalue weighted by Crippen LogP contribution is 2.23.